The van der Waals surface area contributed by atoms with E-state index in [0.717, 1.165) is 51.7 Å². The van der Waals surface area contributed by atoms with E-state index in [1.165, 1.54) is 5.56 Å². The van der Waals surface area contributed by atoms with E-state index >= 15 is 0 Å². The topological polar surface area (TPSA) is 75.0 Å². The summed E-state index contributed by atoms with van der Waals surface area (Å²) < 4.78 is 10.2. The third kappa shape index (κ3) is 4.19. The van der Waals surface area contributed by atoms with E-state index in [9.17, 15) is 9.59 Å². The minimum atomic E-state index is -0.240. The van der Waals surface area contributed by atoms with E-state index in [0.29, 0.717) is 19.7 Å². The molecular formula is C21H31N3O4. The second-order valence-electron chi connectivity index (χ2n) is 8.50. The maximum atomic E-state index is 12.8. The van der Waals surface area contributed by atoms with Crippen molar-refractivity contribution in [3.05, 3.63) is 24.2 Å². The molecule has 2 saturated heterocycles. The predicted molar refractivity (Wildman–Crippen MR) is 104 cm³/mol. The molecule has 2 aliphatic heterocycles. The fraction of sp³-hybridized carbons (Fsp3) is 0.714. The van der Waals surface area contributed by atoms with Crippen LogP contribution in [0.4, 0.5) is 4.79 Å². The summed E-state index contributed by atoms with van der Waals surface area (Å²) in [5.41, 5.74) is 1.44. The van der Waals surface area contributed by atoms with Crippen molar-refractivity contribution in [1.82, 2.24) is 15.1 Å². The van der Waals surface area contributed by atoms with Gasteiger partial charge in [0.2, 0.25) is 5.91 Å². The molecule has 1 spiro atoms. The van der Waals surface area contributed by atoms with E-state index in [1.807, 2.05) is 19.3 Å². The quantitative estimate of drug-likeness (QED) is 0.838. The third-order valence-corrected chi connectivity index (χ3v) is 6.71. The van der Waals surface area contributed by atoms with E-state index in [4.69, 9.17) is 9.15 Å². The van der Waals surface area contributed by atoms with Crippen molar-refractivity contribution in [1.29, 1.82) is 0 Å². The Morgan fingerprint density at radius 3 is 2.64 bits per heavy atom. The van der Waals surface area contributed by atoms with Gasteiger partial charge in [-0.15, -0.1) is 0 Å². The molecule has 1 atom stereocenters. The number of piperidine rings is 2. The molecule has 1 aromatic heterocycles. The Kier molecular flexibility index (Phi) is 5.62. The largest absolute Gasteiger partial charge is 0.472 e. The number of likely N-dealkylation sites (tertiary alicyclic amines) is 2. The average molecular weight is 389 g/mol. The molecule has 3 fully saturated rings. The fourth-order valence-electron chi connectivity index (χ4n) is 4.79. The Balaban J connectivity index is 1.19. The van der Waals surface area contributed by atoms with E-state index in [1.54, 1.807) is 11.2 Å². The molecule has 1 aromatic rings. The highest BCUT2D eigenvalue weighted by Gasteiger charge is 2.58. The first-order chi connectivity index (χ1) is 13.6. The SMILES string of the molecule is CCOC(=O)N1CCC(NC(=O)[C@H]2CC23CCN(Cc2ccoc2)CC3)CC1. The van der Waals surface area contributed by atoms with Crippen LogP contribution in [0.25, 0.3) is 0 Å². The van der Waals surface area contributed by atoms with Gasteiger partial charge in [-0.3, -0.25) is 9.69 Å². The molecule has 28 heavy (non-hydrogen) atoms. The molecule has 1 N–H and O–H groups in total. The van der Waals surface area contributed by atoms with Crippen molar-refractivity contribution >= 4 is 12.0 Å². The Labute approximate surface area is 166 Å². The minimum Gasteiger partial charge on any atom is -0.472 e. The van der Waals surface area contributed by atoms with Crippen molar-refractivity contribution in [2.45, 2.75) is 51.6 Å². The molecule has 0 aromatic carbocycles. The van der Waals surface area contributed by atoms with Crippen LogP contribution in [0.2, 0.25) is 0 Å². The summed E-state index contributed by atoms with van der Waals surface area (Å²) in [7, 11) is 0. The standard InChI is InChI=1S/C21H31N3O4/c1-2-28-20(26)24-8-3-17(4-9-24)22-19(25)18-13-21(18)6-10-23(11-7-21)14-16-5-12-27-15-16/h5,12,15,17-18H,2-4,6-11,13-14H2,1H3,(H,22,25)/t18-/m1/s1. The predicted octanol–water partition coefficient (Wildman–Crippen LogP) is 2.62. The molecule has 1 aliphatic carbocycles. The Hall–Kier alpha value is -2.02. The summed E-state index contributed by atoms with van der Waals surface area (Å²) in [6.45, 7) is 6.56. The van der Waals surface area contributed by atoms with E-state index in [-0.39, 0.29) is 29.4 Å². The van der Waals surface area contributed by atoms with Crippen molar-refractivity contribution in [2.24, 2.45) is 11.3 Å². The Bertz CT molecular complexity index is 674. The number of furan rings is 1. The summed E-state index contributed by atoms with van der Waals surface area (Å²) >= 11 is 0. The normalized spacial score (nSPS) is 24.9. The monoisotopic (exact) mass is 389 g/mol. The number of nitrogens with one attached hydrogen (secondary N) is 1. The molecular weight excluding hydrogens is 358 g/mol. The first-order valence-corrected chi connectivity index (χ1v) is 10.5. The van der Waals surface area contributed by atoms with Gasteiger partial charge in [-0.1, -0.05) is 0 Å². The van der Waals surface area contributed by atoms with Gasteiger partial charge in [0.25, 0.3) is 0 Å². The molecule has 4 rings (SSSR count). The van der Waals surface area contributed by atoms with Crippen LogP contribution >= 0.6 is 0 Å². The van der Waals surface area contributed by atoms with Gasteiger partial charge < -0.3 is 19.4 Å². The van der Waals surface area contributed by atoms with Crippen LogP contribution in [0, 0.1) is 11.3 Å². The fourth-order valence-corrected chi connectivity index (χ4v) is 4.79. The lowest BCUT2D eigenvalue weighted by molar-refractivity contribution is -0.124. The molecule has 7 nitrogen and oxygen atoms in total. The third-order valence-electron chi connectivity index (χ3n) is 6.71. The number of nitrogens with zero attached hydrogens (tertiary/aromatic N) is 2. The van der Waals surface area contributed by atoms with Crippen LogP contribution < -0.4 is 5.32 Å². The first kappa shape index (κ1) is 19.3. The molecule has 3 heterocycles. The number of carbonyl (C=O) groups is 2. The molecule has 7 heteroatoms. The molecule has 0 radical (unpaired) electrons. The zero-order chi connectivity index (χ0) is 19.6. The average Bonchev–Trinajstić information content (AvgIpc) is 3.15. The second kappa shape index (κ2) is 8.15. The molecule has 2 amide bonds. The second-order valence-corrected chi connectivity index (χ2v) is 8.50. The number of ether oxygens (including phenoxy) is 1. The summed E-state index contributed by atoms with van der Waals surface area (Å²) in [5.74, 6) is 0.393. The lowest BCUT2D eigenvalue weighted by atomic mass is 9.90. The first-order valence-electron chi connectivity index (χ1n) is 10.5. The molecule has 0 unspecified atom stereocenters. The van der Waals surface area contributed by atoms with Crippen LogP contribution in [-0.2, 0) is 16.1 Å². The van der Waals surface area contributed by atoms with Crippen molar-refractivity contribution in [2.75, 3.05) is 32.8 Å². The van der Waals surface area contributed by atoms with Crippen LogP contribution in [0.1, 0.15) is 44.6 Å². The van der Waals surface area contributed by atoms with Gasteiger partial charge in [-0.05, 0) is 63.6 Å². The Morgan fingerprint density at radius 1 is 1.25 bits per heavy atom. The van der Waals surface area contributed by atoms with Gasteiger partial charge in [0.05, 0.1) is 19.1 Å². The number of hydrogen-bond donors (Lipinski definition) is 1. The number of hydrogen-bond acceptors (Lipinski definition) is 5. The van der Waals surface area contributed by atoms with Gasteiger partial charge in [0.15, 0.2) is 0 Å². The minimum absolute atomic E-state index is 0.173. The van der Waals surface area contributed by atoms with Crippen molar-refractivity contribution < 1.29 is 18.7 Å². The number of rotatable bonds is 5. The van der Waals surface area contributed by atoms with Crippen LogP contribution in [0.15, 0.2) is 23.0 Å². The summed E-state index contributed by atoms with van der Waals surface area (Å²) in [4.78, 5) is 28.7. The van der Waals surface area contributed by atoms with Gasteiger partial charge in [-0.25, -0.2) is 4.79 Å². The van der Waals surface area contributed by atoms with Gasteiger partial charge in [0, 0.05) is 37.2 Å². The summed E-state index contributed by atoms with van der Waals surface area (Å²) in [6, 6.07) is 2.20. The van der Waals surface area contributed by atoms with Gasteiger partial charge >= 0.3 is 6.09 Å². The van der Waals surface area contributed by atoms with E-state index < -0.39 is 0 Å². The van der Waals surface area contributed by atoms with Gasteiger partial charge in [-0.2, -0.15) is 0 Å². The lowest BCUT2D eigenvalue weighted by Crippen LogP contribution is -2.47. The molecule has 154 valence electrons. The molecule has 3 aliphatic rings. The summed E-state index contributed by atoms with van der Waals surface area (Å²) in [5, 5.41) is 3.25. The van der Waals surface area contributed by atoms with E-state index in [2.05, 4.69) is 10.2 Å². The van der Waals surface area contributed by atoms with Crippen LogP contribution in [0.5, 0.6) is 0 Å². The smallest absolute Gasteiger partial charge is 0.409 e. The van der Waals surface area contributed by atoms with Crippen molar-refractivity contribution in [3.8, 4) is 0 Å². The highest BCUT2D eigenvalue weighted by atomic mass is 16.6. The molecule has 1 saturated carbocycles. The highest BCUT2D eigenvalue weighted by Crippen LogP contribution is 2.59. The maximum absolute atomic E-state index is 12.8. The van der Waals surface area contributed by atoms with Crippen LogP contribution in [0.3, 0.4) is 0 Å². The van der Waals surface area contributed by atoms with Crippen molar-refractivity contribution in [3.63, 3.8) is 0 Å². The zero-order valence-corrected chi connectivity index (χ0v) is 16.7. The number of carbonyl (C=O) groups excluding carboxylic acids is 2. The number of amides is 2. The van der Waals surface area contributed by atoms with Crippen LogP contribution in [-0.4, -0.2) is 60.6 Å². The summed E-state index contributed by atoms with van der Waals surface area (Å²) in [6.07, 6.45) is 8.14. The van der Waals surface area contributed by atoms with Gasteiger partial charge in [0.1, 0.15) is 0 Å². The zero-order valence-electron chi connectivity index (χ0n) is 16.7. The Morgan fingerprint density at radius 2 is 2.00 bits per heavy atom. The highest BCUT2D eigenvalue weighted by molar-refractivity contribution is 5.83. The molecule has 0 bridgehead atoms. The maximum Gasteiger partial charge on any atom is 0.409 e. The lowest BCUT2D eigenvalue weighted by Gasteiger charge is -2.33.